The summed E-state index contributed by atoms with van der Waals surface area (Å²) in [6.07, 6.45) is 13.9. The Morgan fingerprint density at radius 1 is 0.500 bits per heavy atom. The maximum atomic E-state index is 5.50. The molecule has 300 valence electrons. The Bertz CT molecular complexity index is 2960. The number of hydrogen-bond donors (Lipinski definition) is 0. The molecule has 6 heteroatoms. The van der Waals surface area contributed by atoms with Crippen molar-refractivity contribution < 1.29 is 0 Å². The average molecular weight is 803 g/mol. The van der Waals surface area contributed by atoms with Crippen LogP contribution < -0.4 is 0 Å². The molecule has 2 atom stereocenters. The van der Waals surface area contributed by atoms with Crippen molar-refractivity contribution in [2.24, 2.45) is 15.9 Å². The molecule has 2 heterocycles. The number of nitrogens with zero attached hydrogens (tertiary/aromatic N) is 6. The third kappa shape index (κ3) is 7.91. The summed E-state index contributed by atoms with van der Waals surface area (Å²) in [5, 5.41) is 0. The second-order valence-corrected chi connectivity index (χ2v) is 16.1. The number of aromatic nitrogens is 3. The molecule has 0 bridgehead atoms. The highest BCUT2D eigenvalue weighted by molar-refractivity contribution is 6.20. The van der Waals surface area contributed by atoms with Crippen LogP contribution in [-0.2, 0) is 0 Å². The number of likely N-dealkylation sites (N-methyl/N-ethyl adjacent to an activating group) is 1. The molecule has 3 aliphatic rings. The molecule has 0 spiro atoms. The summed E-state index contributed by atoms with van der Waals surface area (Å²) in [6.45, 7) is 2.22. The molecule has 10 rings (SSSR count). The highest BCUT2D eigenvalue weighted by atomic mass is 15.3. The second-order valence-electron chi connectivity index (χ2n) is 16.1. The Labute approximate surface area is 363 Å². The minimum Gasteiger partial charge on any atom is -0.333 e. The van der Waals surface area contributed by atoms with Crippen LogP contribution in [0.15, 0.2) is 210 Å². The zero-order valence-electron chi connectivity index (χ0n) is 34.9. The molecule has 0 saturated carbocycles. The molecule has 0 amide bonds. The molecule has 2 aliphatic carbocycles. The van der Waals surface area contributed by atoms with Crippen molar-refractivity contribution in [2.45, 2.75) is 32.4 Å². The van der Waals surface area contributed by atoms with Crippen LogP contribution in [0.25, 0.3) is 56.2 Å². The van der Waals surface area contributed by atoms with Gasteiger partial charge in [0.05, 0.1) is 0 Å². The predicted molar refractivity (Wildman–Crippen MR) is 255 cm³/mol. The zero-order valence-corrected chi connectivity index (χ0v) is 34.9. The van der Waals surface area contributed by atoms with E-state index in [-0.39, 0.29) is 6.17 Å². The Hall–Kier alpha value is -7.57. The topological polar surface area (TPSA) is 66.6 Å². The Morgan fingerprint density at radius 2 is 1.06 bits per heavy atom. The van der Waals surface area contributed by atoms with Gasteiger partial charge in [-0.25, -0.2) is 24.9 Å². The van der Waals surface area contributed by atoms with Gasteiger partial charge in [-0.1, -0.05) is 189 Å². The number of rotatable bonds is 9. The van der Waals surface area contributed by atoms with E-state index in [0.29, 0.717) is 29.2 Å². The van der Waals surface area contributed by atoms with E-state index in [1.165, 1.54) is 11.1 Å². The Morgan fingerprint density at radius 3 is 1.77 bits per heavy atom. The molecule has 2 unspecified atom stereocenters. The monoisotopic (exact) mass is 802 g/mol. The van der Waals surface area contributed by atoms with Crippen LogP contribution in [0.4, 0.5) is 0 Å². The normalized spacial score (nSPS) is 17.4. The molecule has 6 aromatic carbocycles. The van der Waals surface area contributed by atoms with E-state index in [9.17, 15) is 0 Å². The van der Waals surface area contributed by atoms with Gasteiger partial charge in [-0.3, -0.25) is 0 Å². The van der Waals surface area contributed by atoms with E-state index in [1.54, 1.807) is 0 Å². The lowest BCUT2D eigenvalue weighted by Crippen LogP contribution is -2.36. The average Bonchev–Trinajstić information content (AvgIpc) is 3.35. The Kier molecular flexibility index (Phi) is 10.7. The summed E-state index contributed by atoms with van der Waals surface area (Å²) in [5.41, 5.74) is 12.9. The van der Waals surface area contributed by atoms with Gasteiger partial charge in [-0.15, -0.1) is 0 Å². The summed E-state index contributed by atoms with van der Waals surface area (Å²) in [6, 6.07) is 57.1. The summed E-state index contributed by atoms with van der Waals surface area (Å²) in [5.74, 6) is 4.09. The van der Waals surface area contributed by atoms with E-state index in [1.807, 2.05) is 30.3 Å². The van der Waals surface area contributed by atoms with Crippen LogP contribution in [0.1, 0.15) is 54.9 Å². The van der Waals surface area contributed by atoms with Crippen molar-refractivity contribution in [3.05, 3.63) is 222 Å². The van der Waals surface area contributed by atoms with Gasteiger partial charge in [-0.05, 0) is 76.3 Å². The van der Waals surface area contributed by atoms with E-state index in [2.05, 4.69) is 183 Å². The highest BCUT2D eigenvalue weighted by Gasteiger charge is 2.31. The highest BCUT2D eigenvalue weighted by Crippen LogP contribution is 2.38. The lowest BCUT2D eigenvalue weighted by molar-refractivity contribution is 0.383. The van der Waals surface area contributed by atoms with E-state index in [4.69, 9.17) is 24.9 Å². The van der Waals surface area contributed by atoms with Gasteiger partial charge in [-0.2, -0.15) is 0 Å². The molecule has 62 heavy (non-hydrogen) atoms. The molecule has 0 N–H and O–H groups in total. The van der Waals surface area contributed by atoms with E-state index >= 15 is 0 Å². The van der Waals surface area contributed by atoms with Crippen molar-refractivity contribution in [2.75, 3.05) is 7.05 Å². The summed E-state index contributed by atoms with van der Waals surface area (Å²) < 4.78 is 0. The number of benzene rings is 6. The van der Waals surface area contributed by atoms with Crippen LogP contribution in [0, 0.1) is 5.92 Å². The van der Waals surface area contributed by atoms with Crippen molar-refractivity contribution in [3.8, 4) is 45.0 Å². The predicted octanol–water partition coefficient (Wildman–Crippen LogP) is 13.1. The fourth-order valence-corrected chi connectivity index (χ4v) is 8.49. The quantitative estimate of drug-likeness (QED) is 0.146. The fourth-order valence-electron chi connectivity index (χ4n) is 8.49. The van der Waals surface area contributed by atoms with Crippen LogP contribution in [0.5, 0.6) is 0 Å². The molecule has 0 radical (unpaired) electrons. The first-order chi connectivity index (χ1) is 30.6. The van der Waals surface area contributed by atoms with Gasteiger partial charge < -0.3 is 4.90 Å². The van der Waals surface area contributed by atoms with Crippen molar-refractivity contribution in [3.63, 3.8) is 0 Å². The second kappa shape index (κ2) is 17.2. The summed E-state index contributed by atoms with van der Waals surface area (Å²) in [7, 11) is 2.12. The smallest absolute Gasteiger partial charge is 0.164 e. The fraction of sp³-hybridized carbons (Fsp3) is 0.125. The lowest BCUT2D eigenvalue weighted by atomic mass is 9.90. The zero-order chi connectivity index (χ0) is 41.8. The minimum absolute atomic E-state index is 0.344. The first-order valence-corrected chi connectivity index (χ1v) is 21.5. The number of aliphatic imine (C=N–C) groups is 2. The third-order valence-electron chi connectivity index (χ3n) is 11.8. The number of hydrogen-bond acceptors (Lipinski definition) is 6. The van der Waals surface area contributed by atoms with Gasteiger partial charge in [0, 0.05) is 34.9 Å². The molecule has 1 aliphatic heterocycles. The SMILES string of the molecule is CC1C=CC(c2nc(-c3ccccc3)nc(-c3cccc(-c4cccc(C5N=C(c6ccccc6-c6ccccc6)N=C(C6=CCCC=C6c6ccccc6)N5C)c4)c3)n2)=CC1. The van der Waals surface area contributed by atoms with Crippen LogP contribution in [0.2, 0.25) is 0 Å². The van der Waals surface area contributed by atoms with E-state index in [0.717, 1.165) is 80.8 Å². The molecule has 6 nitrogen and oxygen atoms in total. The molecule has 1 aromatic heterocycles. The first-order valence-electron chi connectivity index (χ1n) is 21.5. The van der Waals surface area contributed by atoms with Gasteiger partial charge in [0.15, 0.2) is 29.5 Å². The van der Waals surface area contributed by atoms with Crippen molar-refractivity contribution in [1.29, 1.82) is 0 Å². The maximum Gasteiger partial charge on any atom is 0.164 e. The van der Waals surface area contributed by atoms with Crippen LogP contribution >= 0.6 is 0 Å². The molecule has 0 saturated heterocycles. The molecule has 7 aromatic rings. The maximum absolute atomic E-state index is 5.50. The number of allylic oxidation sites excluding steroid dienone is 6. The number of amidine groups is 2. The Balaban J connectivity index is 1.06. The minimum atomic E-state index is -0.344. The lowest BCUT2D eigenvalue weighted by Gasteiger charge is -2.35. The van der Waals surface area contributed by atoms with Gasteiger partial charge in [0.1, 0.15) is 5.84 Å². The van der Waals surface area contributed by atoms with Crippen LogP contribution in [0.3, 0.4) is 0 Å². The van der Waals surface area contributed by atoms with Crippen molar-refractivity contribution in [1.82, 2.24) is 19.9 Å². The standard InChI is InChI=1S/C56H46N6/c1-38-32-34-42(35-33-38)52-57-51(41-22-10-5-11-23-41)58-53(59-52)45-26-16-24-43(36-45)44-25-17-27-46(37-44)55-60-54(49-30-14-12-28-47(49)39-18-6-3-7-19-39)61-56(62(55)2)50-31-15-13-29-48(50)40-20-8-4-9-21-40/h3-12,14,16-32,34-38,55H,13,15,33H2,1-2H3. The van der Waals surface area contributed by atoms with Gasteiger partial charge >= 0.3 is 0 Å². The van der Waals surface area contributed by atoms with E-state index < -0.39 is 0 Å². The molecular weight excluding hydrogens is 757 g/mol. The van der Waals surface area contributed by atoms with Crippen molar-refractivity contribution >= 4 is 22.8 Å². The van der Waals surface area contributed by atoms with Gasteiger partial charge in [0.2, 0.25) is 0 Å². The molecule has 0 fully saturated rings. The third-order valence-corrected chi connectivity index (χ3v) is 11.8. The summed E-state index contributed by atoms with van der Waals surface area (Å²) in [4.78, 5) is 28.3. The van der Waals surface area contributed by atoms with Gasteiger partial charge in [0.25, 0.3) is 0 Å². The molecular formula is C56H46N6. The first kappa shape index (κ1) is 38.6. The largest absolute Gasteiger partial charge is 0.333 e. The van der Waals surface area contributed by atoms with Crippen LogP contribution in [-0.4, -0.2) is 38.6 Å². The summed E-state index contributed by atoms with van der Waals surface area (Å²) >= 11 is 0.